The summed E-state index contributed by atoms with van der Waals surface area (Å²) in [5.41, 5.74) is 0. The predicted molar refractivity (Wildman–Crippen MR) is 59.5 cm³/mol. The Balaban J connectivity index is 2.41. The van der Waals surface area contributed by atoms with Crippen molar-refractivity contribution in [1.29, 1.82) is 0 Å². The van der Waals surface area contributed by atoms with Gasteiger partial charge in [0.15, 0.2) is 0 Å². The molecule has 0 atom stereocenters. The highest BCUT2D eigenvalue weighted by Crippen LogP contribution is 2.06. The molecule has 0 aliphatic heterocycles. The van der Waals surface area contributed by atoms with E-state index >= 15 is 0 Å². The molecule has 1 aromatic carbocycles. The number of nitrogens with one attached hydrogen (secondary N) is 1. The molecule has 0 radical (unpaired) electrons. The lowest BCUT2D eigenvalue weighted by Crippen LogP contribution is -2.27. The van der Waals surface area contributed by atoms with Gasteiger partial charge in [0.25, 0.3) is 0 Å². The molecule has 0 saturated heterocycles. The predicted octanol–water partition coefficient (Wildman–Crippen LogP) is 0.585. The molecule has 90 valence electrons. The summed E-state index contributed by atoms with van der Waals surface area (Å²) in [6.45, 7) is 0.738. The van der Waals surface area contributed by atoms with Crippen LogP contribution in [0.2, 0.25) is 0 Å². The Labute approximate surface area is 95.4 Å². The molecule has 0 aliphatic carbocycles. The van der Waals surface area contributed by atoms with Crippen molar-refractivity contribution in [3.05, 3.63) is 30.3 Å². The first kappa shape index (κ1) is 13.1. The quantitative estimate of drug-likeness (QED) is 0.564. The van der Waals surface area contributed by atoms with Crippen LogP contribution in [0.1, 0.15) is 0 Å². The molecule has 5 nitrogen and oxygen atoms in total. The average Bonchev–Trinajstić information content (AvgIpc) is 2.30. The van der Waals surface area contributed by atoms with Crippen LogP contribution in [0.15, 0.2) is 35.2 Å². The molecule has 0 amide bonds. The molecule has 0 heterocycles. The molecule has 1 aromatic rings. The average molecular weight is 245 g/mol. The third-order valence-electron chi connectivity index (χ3n) is 1.84. The molecule has 6 heteroatoms. The van der Waals surface area contributed by atoms with E-state index in [0.717, 1.165) is 0 Å². The number of ether oxygens (including phenoxy) is 2. The van der Waals surface area contributed by atoms with Gasteiger partial charge in [0.1, 0.15) is 6.73 Å². The summed E-state index contributed by atoms with van der Waals surface area (Å²) in [4.78, 5) is 0.227. The van der Waals surface area contributed by atoms with Crippen LogP contribution in [0.4, 0.5) is 0 Å². The standard InChI is InChI=1S/C10H15NO4S/c1-14-7-8-15-9-11-16(12,13)10-5-3-2-4-6-10/h2-6,11H,7-9H2,1H3. The minimum absolute atomic E-state index is 0.0550. The first-order chi connectivity index (χ1) is 7.67. The molecule has 16 heavy (non-hydrogen) atoms. The van der Waals surface area contributed by atoms with E-state index in [4.69, 9.17) is 9.47 Å². The Kier molecular flexibility index (Phi) is 5.41. The van der Waals surface area contributed by atoms with E-state index in [1.807, 2.05) is 0 Å². The van der Waals surface area contributed by atoms with Crippen molar-refractivity contribution >= 4 is 10.0 Å². The summed E-state index contributed by atoms with van der Waals surface area (Å²) in [5.74, 6) is 0. The molecule has 1 N–H and O–H groups in total. The highest BCUT2D eigenvalue weighted by atomic mass is 32.2. The van der Waals surface area contributed by atoms with Gasteiger partial charge in [-0.1, -0.05) is 18.2 Å². The van der Waals surface area contributed by atoms with Crippen LogP contribution in [0.5, 0.6) is 0 Å². The van der Waals surface area contributed by atoms with Crippen molar-refractivity contribution < 1.29 is 17.9 Å². The summed E-state index contributed by atoms with van der Waals surface area (Å²) in [6.07, 6.45) is 0. The monoisotopic (exact) mass is 245 g/mol. The number of hydrogen-bond acceptors (Lipinski definition) is 4. The minimum Gasteiger partial charge on any atom is -0.382 e. The second-order valence-electron chi connectivity index (χ2n) is 3.01. The maximum atomic E-state index is 11.6. The van der Waals surface area contributed by atoms with Gasteiger partial charge in [0.05, 0.1) is 18.1 Å². The van der Waals surface area contributed by atoms with E-state index in [0.29, 0.717) is 13.2 Å². The van der Waals surface area contributed by atoms with Gasteiger partial charge < -0.3 is 9.47 Å². The molecule has 0 bridgehead atoms. The molecular weight excluding hydrogens is 230 g/mol. The number of methoxy groups -OCH3 is 1. The molecule has 0 spiro atoms. The Morgan fingerprint density at radius 1 is 1.19 bits per heavy atom. The van der Waals surface area contributed by atoms with Gasteiger partial charge >= 0.3 is 0 Å². The zero-order chi connectivity index (χ0) is 11.9. The summed E-state index contributed by atoms with van der Waals surface area (Å²) in [6, 6.07) is 8.14. The highest BCUT2D eigenvalue weighted by molar-refractivity contribution is 7.89. The Bertz CT molecular complexity index is 391. The summed E-state index contributed by atoms with van der Waals surface area (Å²) >= 11 is 0. The zero-order valence-electron chi connectivity index (χ0n) is 9.05. The van der Waals surface area contributed by atoms with Crippen molar-refractivity contribution in [2.24, 2.45) is 0 Å². The van der Waals surface area contributed by atoms with Gasteiger partial charge in [0, 0.05) is 7.11 Å². The van der Waals surface area contributed by atoms with Crippen molar-refractivity contribution in [2.75, 3.05) is 27.1 Å². The molecule has 0 aromatic heterocycles. The molecule has 0 unspecified atom stereocenters. The molecule has 0 aliphatic rings. The van der Waals surface area contributed by atoms with Crippen molar-refractivity contribution in [2.45, 2.75) is 4.90 Å². The normalized spacial score (nSPS) is 11.6. The largest absolute Gasteiger partial charge is 0.382 e. The third-order valence-corrected chi connectivity index (χ3v) is 3.23. The minimum atomic E-state index is -3.46. The summed E-state index contributed by atoms with van der Waals surface area (Å²) < 4.78 is 35.4. The van der Waals surface area contributed by atoms with Gasteiger partial charge in [-0.05, 0) is 12.1 Å². The van der Waals surface area contributed by atoms with Crippen LogP contribution in [-0.4, -0.2) is 35.5 Å². The number of rotatable bonds is 7. The topological polar surface area (TPSA) is 64.6 Å². The Morgan fingerprint density at radius 3 is 2.50 bits per heavy atom. The van der Waals surface area contributed by atoms with Crippen molar-refractivity contribution in [3.8, 4) is 0 Å². The number of sulfonamides is 1. The molecule has 0 saturated carbocycles. The van der Waals surface area contributed by atoms with Crippen molar-refractivity contribution in [3.63, 3.8) is 0 Å². The van der Waals surface area contributed by atoms with E-state index < -0.39 is 10.0 Å². The molecule has 0 fully saturated rings. The van der Waals surface area contributed by atoms with Crippen LogP contribution < -0.4 is 4.72 Å². The van der Waals surface area contributed by atoms with Crippen LogP contribution in [-0.2, 0) is 19.5 Å². The van der Waals surface area contributed by atoms with E-state index in [1.165, 1.54) is 12.1 Å². The maximum Gasteiger partial charge on any atom is 0.242 e. The zero-order valence-corrected chi connectivity index (χ0v) is 9.87. The van der Waals surface area contributed by atoms with Crippen molar-refractivity contribution in [1.82, 2.24) is 4.72 Å². The fraction of sp³-hybridized carbons (Fsp3) is 0.400. The fourth-order valence-electron chi connectivity index (χ4n) is 1.02. The van der Waals surface area contributed by atoms with Gasteiger partial charge in [0.2, 0.25) is 10.0 Å². The molecular formula is C10H15NO4S. The summed E-state index contributed by atoms with van der Waals surface area (Å²) in [5, 5.41) is 0. The third kappa shape index (κ3) is 4.28. The lowest BCUT2D eigenvalue weighted by molar-refractivity contribution is 0.0688. The fourth-order valence-corrected chi connectivity index (χ4v) is 1.94. The number of benzene rings is 1. The van der Waals surface area contributed by atoms with E-state index in [1.54, 1.807) is 25.3 Å². The smallest absolute Gasteiger partial charge is 0.242 e. The second-order valence-corrected chi connectivity index (χ2v) is 4.77. The van der Waals surface area contributed by atoms with E-state index in [-0.39, 0.29) is 11.6 Å². The van der Waals surface area contributed by atoms with Gasteiger partial charge in [-0.15, -0.1) is 0 Å². The second kappa shape index (κ2) is 6.59. The van der Waals surface area contributed by atoms with Crippen LogP contribution >= 0.6 is 0 Å². The Hall–Kier alpha value is -0.950. The van der Waals surface area contributed by atoms with E-state index in [2.05, 4.69) is 4.72 Å². The van der Waals surface area contributed by atoms with Crippen LogP contribution in [0.25, 0.3) is 0 Å². The van der Waals surface area contributed by atoms with Gasteiger partial charge in [-0.25, -0.2) is 8.42 Å². The summed E-state index contributed by atoms with van der Waals surface area (Å²) in [7, 11) is -1.91. The van der Waals surface area contributed by atoms with Crippen LogP contribution in [0, 0.1) is 0 Å². The highest BCUT2D eigenvalue weighted by Gasteiger charge is 2.11. The van der Waals surface area contributed by atoms with Gasteiger partial charge in [-0.3, -0.25) is 0 Å². The lowest BCUT2D eigenvalue weighted by Gasteiger charge is -2.07. The first-order valence-corrected chi connectivity index (χ1v) is 6.26. The SMILES string of the molecule is COCCOCNS(=O)(=O)c1ccccc1. The van der Waals surface area contributed by atoms with E-state index in [9.17, 15) is 8.42 Å². The van der Waals surface area contributed by atoms with Gasteiger partial charge in [-0.2, -0.15) is 4.72 Å². The maximum absolute atomic E-state index is 11.6. The lowest BCUT2D eigenvalue weighted by atomic mass is 10.4. The Morgan fingerprint density at radius 2 is 1.88 bits per heavy atom. The first-order valence-electron chi connectivity index (χ1n) is 4.78. The van der Waals surface area contributed by atoms with Crippen LogP contribution in [0.3, 0.4) is 0 Å². The number of hydrogen-bond donors (Lipinski definition) is 1. The molecule has 1 rings (SSSR count).